The molecule has 1 N–H and O–H groups in total. The van der Waals surface area contributed by atoms with Gasteiger partial charge in [-0.05, 0) is 18.8 Å². The third-order valence-corrected chi connectivity index (χ3v) is 5.45. The van der Waals surface area contributed by atoms with E-state index in [1.807, 2.05) is 18.2 Å². The Morgan fingerprint density at radius 2 is 1.86 bits per heavy atom. The van der Waals surface area contributed by atoms with Crippen molar-refractivity contribution in [3.05, 3.63) is 56.7 Å². The molecule has 0 spiro atoms. The zero-order chi connectivity index (χ0) is 19.8. The molecule has 3 heterocycles. The van der Waals surface area contributed by atoms with Gasteiger partial charge in [-0.2, -0.15) is 4.98 Å². The van der Waals surface area contributed by atoms with Crippen molar-refractivity contribution < 1.29 is 4.79 Å². The molecule has 0 saturated carbocycles. The summed E-state index contributed by atoms with van der Waals surface area (Å²) in [6.45, 7) is 3.81. The third kappa shape index (κ3) is 3.15. The Labute approximate surface area is 161 Å². The average Bonchev–Trinajstić information content (AvgIpc) is 3.07. The number of carbonyl (C=O) groups is 1. The first-order valence-corrected chi connectivity index (χ1v) is 9.48. The summed E-state index contributed by atoms with van der Waals surface area (Å²) >= 11 is 0. The molecule has 0 bridgehead atoms. The minimum Gasteiger partial charge on any atom is -0.342 e. The summed E-state index contributed by atoms with van der Waals surface area (Å²) in [5.74, 6) is 1.09. The monoisotopic (exact) mass is 381 g/mol. The molecule has 8 nitrogen and oxygen atoms in total. The number of Topliss-reactive ketones (excluding diaryl/α,β-unsaturated/α-hetero) is 1. The molecule has 0 amide bonds. The van der Waals surface area contributed by atoms with E-state index in [-0.39, 0.29) is 17.8 Å². The van der Waals surface area contributed by atoms with E-state index >= 15 is 0 Å². The van der Waals surface area contributed by atoms with E-state index in [1.165, 1.54) is 4.57 Å². The van der Waals surface area contributed by atoms with Crippen molar-refractivity contribution in [3.8, 4) is 0 Å². The van der Waals surface area contributed by atoms with E-state index in [0.717, 1.165) is 25.9 Å². The number of hydrogen-bond acceptors (Lipinski definition) is 5. The molecule has 1 aliphatic heterocycles. The molecule has 146 valence electrons. The molecule has 0 aliphatic carbocycles. The van der Waals surface area contributed by atoms with Crippen LogP contribution in [0.5, 0.6) is 0 Å². The molecular formula is C20H23N5O3. The number of piperidine rings is 1. The third-order valence-electron chi connectivity index (χ3n) is 5.45. The molecule has 1 saturated heterocycles. The van der Waals surface area contributed by atoms with Crippen LogP contribution in [0.1, 0.15) is 30.1 Å². The Morgan fingerprint density at radius 3 is 2.54 bits per heavy atom. The van der Waals surface area contributed by atoms with Crippen molar-refractivity contribution in [1.29, 1.82) is 0 Å². The van der Waals surface area contributed by atoms with Crippen molar-refractivity contribution in [2.75, 3.05) is 18.0 Å². The van der Waals surface area contributed by atoms with Crippen LogP contribution in [-0.2, 0) is 13.6 Å². The molecule has 1 aromatic carbocycles. The Hall–Kier alpha value is -3.16. The summed E-state index contributed by atoms with van der Waals surface area (Å²) in [7, 11) is 1.57. The second-order valence-electron chi connectivity index (χ2n) is 7.45. The first-order chi connectivity index (χ1) is 13.5. The Kier molecular flexibility index (Phi) is 4.62. The summed E-state index contributed by atoms with van der Waals surface area (Å²) in [5, 5.41) is 0. The molecule has 0 unspecified atom stereocenters. The fourth-order valence-electron chi connectivity index (χ4n) is 3.68. The fraction of sp³-hybridized carbons (Fsp3) is 0.400. The van der Waals surface area contributed by atoms with Crippen LogP contribution in [0.25, 0.3) is 11.2 Å². The smallest absolute Gasteiger partial charge is 0.329 e. The van der Waals surface area contributed by atoms with Crippen LogP contribution in [0.15, 0.2) is 39.9 Å². The number of ketones is 1. The zero-order valence-corrected chi connectivity index (χ0v) is 16.0. The van der Waals surface area contributed by atoms with Crippen molar-refractivity contribution in [3.63, 3.8) is 0 Å². The number of benzene rings is 1. The van der Waals surface area contributed by atoms with E-state index in [2.05, 4.69) is 21.8 Å². The maximum atomic E-state index is 12.9. The van der Waals surface area contributed by atoms with Gasteiger partial charge in [-0.15, -0.1) is 0 Å². The average molecular weight is 381 g/mol. The Morgan fingerprint density at radius 1 is 1.18 bits per heavy atom. The lowest BCUT2D eigenvalue weighted by Crippen LogP contribution is -2.35. The molecule has 8 heteroatoms. The van der Waals surface area contributed by atoms with Gasteiger partial charge in [-0.25, -0.2) is 4.79 Å². The van der Waals surface area contributed by atoms with Crippen LogP contribution >= 0.6 is 0 Å². The number of H-pyrrole nitrogens is 1. The van der Waals surface area contributed by atoms with E-state index in [4.69, 9.17) is 0 Å². The van der Waals surface area contributed by atoms with Crippen LogP contribution in [0.4, 0.5) is 5.95 Å². The second kappa shape index (κ2) is 7.10. The van der Waals surface area contributed by atoms with Gasteiger partial charge >= 0.3 is 5.69 Å². The van der Waals surface area contributed by atoms with E-state index in [1.54, 1.807) is 23.7 Å². The molecule has 1 fully saturated rings. The van der Waals surface area contributed by atoms with Crippen LogP contribution in [0.3, 0.4) is 0 Å². The normalized spacial score (nSPS) is 15.3. The number of aromatic amines is 1. The fourth-order valence-corrected chi connectivity index (χ4v) is 3.68. The lowest BCUT2D eigenvalue weighted by Gasteiger charge is -2.31. The van der Waals surface area contributed by atoms with Gasteiger partial charge in [0.1, 0.15) is 0 Å². The highest BCUT2D eigenvalue weighted by molar-refractivity contribution is 5.96. The molecule has 2 aromatic heterocycles. The number of hydrogen-bond donors (Lipinski definition) is 1. The van der Waals surface area contributed by atoms with Crippen molar-refractivity contribution >= 4 is 22.9 Å². The molecule has 4 rings (SSSR count). The van der Waals surface area contributed by atoms with Gasteiger partial charge < -0.3 is 4.90 Å². The number of nitrogens with zero attached hydrogens (tertiary/aromatic N) is 4. The standard InChI is InChI=1S/C20H23N5O3/c1-13-8-10-24(11-9-13)19-21-17-16(18(27)22-20(28)23(17)2)25(19)12-15(26)14-6-4-3-5-7-14/h3-7,13H,8-12H2,1-2H3,(H,22,27,28). The number of aromatic nitrogens is 4. The van der Waals surface area contributed by atoms with Crippen LogP contribution < -0.4 is 16.1 Å². The predicted octanol–water partition coefficient (Wildman–Crippen LogP) is 1.54. The first-order valence-electron chi connectivity index (χ1n) is 9.48. The molecule has 1 aliphatic rings. The molecular weight excluding hydrogens is 358 g/mol. The topological polar surface area (TPSA) is 93.0 Å². The number of imidazole rings is 1. The molecule has 28 heavy (non-hydrogen) atoms. The number of nitrogens with one attached hydrogen (secondary N) is 1. The van der Waals surface area contributed by atoms with Gasteiger partial charge in [0, 0.05) is 25.7 Å². The van der Waals surface area contributed by atoms with E-state index in [9.17, 15) is 14.4 Å². The van der Waals surface area contributed by atoms with E-state index < -0.39 is 11.2 Å². The highest BCUT2D eigenvalue weighted by atomic mass is 16.2. The van der Waals surface area contributed by atoms with Crippen LogP contribution in [0.2, 0.25) is 0 Å². The van der Waals surface area contributed by atoms with Crippen LogP contribution in [-0.4, -0.2) is 38.0 Å². The lowest BCUT2D eigenvalue weighted by molar-refractivity contribution is 0.0973. The highest BCUT2D eigenvalue weighted by Crippen LogP contribution is 2.25. The summed E-state index contributed by atoms with van der Waals surface area (Å²) in [6.07, 6.45) is 2.04. The van der Waals surface area contributed by atoms with Gasteiger partial charge in [-0.1, -0.05) is 37.3 Å². The maximum absolute atomic E-state index is 12.9. The minimum absolute atomic E-state index is 0.0107. The van der Waals surface area contributed by atoms with Crippen LogP contribution in [0, 0.1) is 5.92 Å². The number of aryl methyl sites for hydroxylation is 1. The SMILES string of the molecule is CC1CCN(c2nc3c(c(=O)[nH]c(=O)n3C)n2CC(=O)c2ccccc2)CC1. The van der Waals surface area contributed by atoms with Gasteiger partial charge in [0.25, 0.3) is 5.56 Å². The van der Waals surface area contributed by atoms with Crippen molar-refractivity contribution in [2.45, 2.75) is 26.3 Å². The second-order valence-corrected chi connectivity index (χ2v) is 7.45. The zero-order valence-electron chi connectivity index (χ0n) is 16.0. The molecule has 0 radical (unpaired) electrons. The Balaban J connectivity index is 1.85. The van der Waals surface area contributed by atoms with E-state index in [0.29, 0.717) is 23.1 Å². The quantitative estimate of drug-likeness (QED) is 0.692. The van der Waals surface area contributed by atoms with Crippen molar-refractivity contribution in [1.82, 2.24) is 19.1 Å². The molecule has 3 aromatic rings. The predicted molar refractivity (Wildman–Crippen MR) is 107 cm³/mol. The largest absolute Gasteiger partial charge is 0.342 e. The van der Waals surface area contributed by atoms with Gasteiger partial charge in [0.05, 0.1) is 6.54 Å². The number of rotatable bonds is 4. The summed E-state index contributed by atoms with van der Waals surface area (Å²) in [4.78, 5) is 46.5. The molecule has 0 atom stereocenters. The van der Waals surface area contributed by atoms with Gasteiger partial charge in [0.15, 0.2) is 16.9 Å². The first kappa shape index (κ1) is 18.2. The summed E-state index contributed by atoms with van der Waals surface area (Å²) in [6, 6.07) is 8.98. The highest BCUT2D eigenvalue weighted by Gasteiger charge is 2.25. The van der Waals surface area contributed by atoms with Gasteiger partial charge in [0.2, 0.25) is 5.95 Å². The number of carbonyl (C=O) groups excluding carboxylic acids is 1. The summed E-state index contributed by atoms with van der Waals surface area (Å²) in [5.41, 5.74) is 0.0745. The maximum Gasteiger partial charge on any atom is 0.329 e. The summed E-state index contributed by atoms with van der Waals surface area (Å²) < 4.78 is 2.97. The lowest BCUT2D eigenvalue weighted by atomic mass is 10.00. The van der Waals surface area contributed by atoms with Gasteiger partial charge in [-0.3, -0.25) is 23.7 Å². The number of anilines is 1. The Bertz CT molecular complexity index is 1130. The number of fused-ring (bicyclic) bond motifs is 1. The van der Waals surface area contributed by atoms with Crippen molar-refractivity contribution in [2.24, 2.45) is 13.0 Å². The minimum atomic E-state index is -0.525.